The predicted molar refractivity (Wildman–Crippen MR) is 123 cm³/mol. The summed E-state index contributed by atoms with van der Waals surface area (Å²) in [6.45, 7) is 12.5. The fraction of sp³-hybridized carbons (Fsp3) is 0.696. The number of hydrogen-bond acceptors (Lipinski definition) is 5. The van der Waals surface area contributed by atoms with Gasteiger partial charge in [0.15, 0.2) is 0 Å². The zero-order valence-electron chi connectivity index (χ0n) is 18.9. The number of nitro benzene ring substituents is 1. The number of nitro groups is 1. The van der Waals surface area contributed by atoms with Gasteiger partial charge in [0.2, 0.25) is 0 Å². The molecule has 2 aliphatic rings. The molecule has 4 atom stereocenters. The van der Waals surface area contributed by atoms with Gasteiger partial charge in [0.1, 0.15) is 11.9 Å². The Labute approximate surface area is 192 Å². The number of fused-ring (bicyclic) bond motifs is 2. The van der Waals surface area contributed by atoms with Gasteiger partial charge < -0.3 is 9.47 Å². The number of rotatable bonds is 5. The molecule has 166 valence electrons. The summed E-state index contributed by atoms with van der Waals surface area (Å²) in [5.41, 5.74) is -0.205. The average Bonchev–Trinajstić information content (AvgIpc) is 2.98. The maximum Gasteiger partial charge on any atom is 0.310 e. The first-order valence-electron chi connectivity index (χ1n) is 10.5. The minimum absolute atomic E-state index is 0.0487. The first-order chi connectivity index (χ1) is 13.7. The molecule has 0 aromatic heterocycles. The Morgan fingerprint density at radius 3 is 2.37 bits per heavy atom. The van der Waals surface area contributed by atoms with Crippen LogP contribution in [0.3, 0.4) is 0 Å². The highest BCUT2D eigenvalue weighted by Crippen LogP contribution is 2.68. The van der Waals surface area contributed by atoms with E-state index >= 15 is 0 Å². The third-order valence-corrected chi connectivity index (χ3v) is 8.72. The first-order valence-corrected chi connectivity index (χ1v) is 11.5. The molecular weight excluding hydrogens is 497 g/mol. The van der Waals surface area contributed by atoms with Gasteiger partial charge in [0.25, 0.3) is 5.69 Å². The second-order valence-electron chi connectivity index (χ2n) is 10.6. The molecule has 2 saturated carbocycles. The number of methoxy groups -OCH3 is 1. The van der Waals surface area contributed by atoms with Crippen LogP contribution in [0.15, 0.2) is 12.1 Å². The molecule has 1 aromatic carbocycles. The molecule has 2 aliphatic carbocycles. The second-order valence-corrected chi connectivity index (χ2v) is 11.8. The number of carbonyl (C=O) groups excluding carboxylic acids is 1. The molecule has 3 unspecified atom stereocenters. The lowest BCUT2D eigenvalue weighted by atomic mass is 9.66. The topological polar surface area (TPSA) is 78.7 Å². The van der Waals surface area contributed by atoms with E-state index in [9.17, 15) is 14.9 Å². The van der Waals surface area contributed by atoms with Crippen LogP contribution in [0.4, 0.5) is 5.69 Å². The second kappa shape index (κ2) is 7.64. The molecular formula is C23H32INO5. The third kappa shape index (κ3) is 3.60. The molecule has 0 aliphatic heterocycles. The lowest BCUT2D eigenvalue weighted by Gasteiger charge is -2.39. The van der Waals surface area contributed by atoms with Gasteiger partial charge in [-0.15, -0.1) is 0 Å². The summed E-state index contributed by atoms with van der Waals surface area (Å²) >= 11 is 2.02. The Kier molecular flexibility index (Phi) is 5.93. The molecule has 3 rings (SSSR count). The summed E-state index contributed by atoms with van der Waals surface area (Å²) in [7, 11) is 1.53. The molecule has 7 heteroatoms. The van der Waals surface area contributed by atoms with Crippen molar-refractivity contribution in [2.45, 2.75) is 66.9 Å². The highest BCUT2D eigenvalue weighted by Gasteiger charge is 2.64. The van der Waals surface area contributed by atoms with Crippen molar-refractivity contribution in [2.24, 2.45) is 28.1 Å². The van der Waals surface area contributed by atoms with E-state index in [4.69, 9.17) is 9.47 Å². The van der Waals surface area contributed by atoms with Crippen LogP contribution < -0.4 is 4.74 Å². The van der Waals surface area contributed by atoms with Gasteiger partial charge in [-0.05, 0) is 64.7 Å². The Bertz CT molecular complexity index is 875. The van der Waals surface area contributed by atoms with E-state index in [1.165, 1.54) is 13.2 Å². The maximum atomic E-state index is 13.4. The van der Waals surface area contributed by atoms with Gasteiger partial charge in [0, 0.05) is 11.5 Å². The van der Waals surface area contributed by atoms with Crippen molar-refractivity contribution in [2.75, 3.05) is 7.11 Å². The van der Waals surface area contributed by atoms with Crippen LogP contribution in [0.25, 0.3) is 0 Å². The molecule has 0 amide bonds. The maximum absolute atomic E-state index is 13.4. The van der Waals surface area contributed by atoms with Crippen LogP contribution in [-0.2, 0) is 9.53 Å². The monoisotopic (exact) mass is 529 g/mol. The summed E-state index contributed by atoms with van der Waals surface area (Å²) in [6.07, 6.45) is 2.25. The molecule has 0 N–H and O–H groups in total. The van der Waals surface area contributed by atoms with Crippen molar-refractivity contribution in [3.05, 3.63) is 31.4 Å². The van der Waals surface area contributed by atoms with E-state index in [0.29, 0.717) is 20.8 Å². The van der Waals surface area contributed by atoms with E-state index in [0.717, 1.165) is 19.3 Å². The minimum Gasteiger partial charge on any atom is -0.496 e. The predicted octanol–water partition coefficient (Wildman–Crippen LogP) is 6.30. The van der Waals surface area contributed by atoms with E-state index in [1.54, 1.807) is 6.07 Å². The third-order valence-electron chi connectivity index (χ3n) is 7.88. The van der Waals surface area contributed by atoms with Crippen molar-refractivity contribution >= 4 is 34.2 Å². The Morgan fingerprint density at radius 1 is 1.30 bits per heavy atom. The van der Waals surface area contributed by atoms with Crippen molar-refractivity contribution < 1.29 is 19.2 Å². The van der Waals surface area contributed by atoms with Gasteiger partial charge in [0.05, 0.1) is 27.1 Å². The van der Waals surface area contributed by atoms with Crippen LogP contribution >= 0.6 is 22.6 Å². The van der Waals surface area contributed by atoms with Gasteiger partial charge in [-0.25, -0.2) is 0 Å². The van der Waals surface area contributed by atoms with Crippen molar-refractivity contribution in [1.82, 2.24) is 0 Å². The molecule has 0 spiro atoms. The van der Waals surface area contributed by atoms with Crippen LogP contribution in [0, 0.1) is 41.8 Å². The fourth-order valence-corrected chi connectivity index (χ4v) is 6.22. The number of esters is 1. The number of halogens is 1. The average molecular weight is 529 g/mol. The molecule has 0 saturated heterocycles. The molecule has 30 heavy (non-hydrogen) atoms. The summed E-state index contributed by atoms with van der Waals surface area (Å²) in [6, 6.07) is 3.14. The van der Waals surface area contributed by atoms with Crippen molar-refractivity contribution in [3.8, 4) is 5.75 Å². The van der Waals surface area contributed by atoms with Crippen LogP contribution in [-0.4, -0.2) is 18.0 Å². The quantitative estimate of drug-likeness (QED) is 0.194. The molecule has 1 aromatic rings. The Morgan fingerprint density at radius 2 is 1.93 bits per heavy atom. The zero-order valence-corrected chi connectivity index (χ0v) is 21.0. The van der Waals surface area contributed by atoms with Crippen LogP contribution in [0.1, 0.15) is 72.5 Å². The van der Waals surface area contributed by atoms with E-state index in [1.807, 2.05) is 43.4 Å². The molecule has 2 bridgehead atoms. The summed E-state index contributed by atoms with van der Waals surface area (Å²) in [5, 5.41) is 11.8. The van der Waals surface area contributed by atoms with Gasteiger partial charge >= 0.3 is 5.97 Å². The standard InChI is InChI=1S/C23H32INO5/c1-21(2,3)19(14-11-18(29-7)16(24)12-17(14)25(27)28)30-20(26)15-10-13-8-9-23(15,6)22(13,4)5/h11-13,15,19H,8-10H2,1-7H3/t13?,15?,19?,23-/m0/s1. The Hall–Kier alpha value is -1.38. The lowest BCUT2D eigenvalue weighted by Crippen LogP contribution is -2.38. The lowest BCUT2D eigenvalue weighted by molar-refractivity contribution is -0.386. The molecule has 0 heterocycles. The van der Waals surface area contributed by atoms with E-state index in [2.05, 4.69) is 20.8 Å². The smallest absolute Gasteiger partial charge is 0.310 e. The van der Waals surface area contributed by atoms with E-state index < -0.39 is 16.4 Å². The summed E-state index contributed by atoms with van der Waals surface area (Å²) in [5.74, 6) is 0.635. The number of ether oxygens (including phenoxy) is 2. The fourth-order valence-electron chi connectivity index (χ4n) is 5.55. The van der Waals surface area contributed by atoms with Crippen LogP contribution in [0.5, 0.6) is 5.75 Å². The number of carbonyl (C=O) groups is 1. The highest BCUT2D eigenvalue weighted by atomic mass is 127. The summed E-state index contributed by atoms with van der Waals surface area (Å²) in [4.78, 5) is 24.8. The minimum atomic E-state index is -0.748. The van der Waals surface area contributed by atoms with Gasteiger partial charge in [-0.3, -0.25) is 14.9 Å². The zero-order chi connectivity index (χ0) is 22.6. The number of benzene rings is 1. The largest absolute Gasteiger partial charge is 0.496 e. The number of nitrogens with zero attached hydrogens (tertiary/aromatic N) is 1. The first kappa shape index (κ1) is 23.3. The molecule has 6 nitrogen and oxygen atoms in total. The van der Waals surface area contributed by atoms with Gasteiger partial charge in [-0.2, -0.15) is 0 Å². The van der Waals surface area contributed by atoms with Crippen LogP contribution in [0.2, 0.25) is 0 Å². The highest BCUT2D eigenvalue weighted by molar-refractivity contribution is 14.1. The normalized spacial score (nSPS) is 28.3. The van der Waals surface area contributed by atoms with Crippen molar-refractivity contribution in [1.29, 1.82) is 0 Å². The van der Waals surface area contributed by atoms with Gasteiger partial charge in [-0.1, -0.05) is 41.5 Å². The number of hydrogen-bond donors (Lipinski definition) is 0. The van der Waals surface area contributed by atoms with Crippen molar-refractivity contribution in [3.63, 3.8) is 0 Å². The summed E-state index contributed by atoms with van der Waals surface area (Å²) < 4.78 is 12.2. The molecule has 0 radical (unpaired) electrons. The SMILES string of the molecule is COc1cc(C(OC(=O)C2CC3CC[C@]2(C)C3(C)C)C(C)(C)C)c([N+](=O)[O-])cc1I. The van der Waals surface area contributed by atoms with E-state index in [-0.39, 0.29) is 28.4 Å². The molecule has 2 fully saturated rings. The Balaban J connectivity index is 2.00.